The first-order chi connectivity index (χ1) is 16.7. The van der Waals surface area contributed by atoms with Gasteiger partial charge in [0, 0.05) is 12.0 Å². The highest BCUT2D eigenvalue weighted by atomic mass is 19.1. The zero-order chi connectivity index (χ0) is 26.0. The van der Waals surface area contributed by atoms with Crippen LogP contribution in [0.25, 0.3) is 17.2 Å². The molecule has 0 aliphatic rings. The van der Waals surface area contributed by atoms with E-state index in [1.807, 2.05) is 13.8 Å². The molecule has 4 N–H and O–H groups in total. The summed E-state index contributed by atoms with van der Waals surface area (Å²) in [5.41, 5.74) is 2.49. The average molecular weight is 491 g/mol. The van der Waals surface area contributed by atoms with Crippen LogP contribution in [-0.2, 0) is 9.59 Å². The van der Waals surface area contributed by atoms with Crippen LogP contribution in [0, 0.1) is 5.82 Å². The Morgan fingerprint density at radius 3 is 2.26 bits per heavy atom. The molecule has 0 saturated heterocycles. The molecule has 0 radical (unpaired) electrons. The highest BCUT2D eigenvalue weighted by molar-refractivity contribution is 5.95. The van der Waals surface area contributed by atoms with E-state index >= 15 is 0 Å². The lowest BCUT2D eigenvalue weighted by Crippen LogP contribution is -2.14. The first kappa shape index (κ1) is 28.0. The summed E-state index contributed by atoms with van der Waals surface area (Å²) in [4.78, 5) is 22.5. The van der Waals surface area contributed by atoms with Gasteiger partial charge in [0.05, 0.1) is 19.3 Å². The molecule has 0 spiro atoms. The summed E-state index contributed by atoms with van der Waals surface area (Å²) < 4.78 is 25.2. The van der Waals surface area contributed by atoms with Crippen molar-refractivity contribution in [2.45, 2.75) is 38.7 Å². The van der Waals surface area contributed by atoms with Gasteiger partial charge in [-0.15, -0.1) is 0 Å². The van der Waals surface area contributed by atoms with Crippen LogP contribution in [0.2, 0.25) is 0 Å². The number of aliphatic hydroxyl groups is 3. The number of carbonyl (C=O) groups is 2. The molecule has 8 nitrogen and oxygen atoms in total. The SMILES string of the molecule is CC(C)c1cc(OCCO)c(OCCO)c(-c2ccc(F)cc2)c1/C=C/C(O)CC(=O)CC(=O)O. The molecule has 2 aromatic carbocycles. The molecule has 0 bridgehead atoms. The van der Waals surface area contributed by atoms with E-state index in [9.17, 15) is 29.3 Å². The Labute approximate surface area is 203 Å². The molecule has 0 saturated carbocycles. The van der Waals surface area contributed by atoms with Gasteiger partial charge in [-0.25, -0.2) is 4.39 Å². The molecule has 1 unspecified atom stereocenters. The molecule has 190 valence electrons. The van der Waals surface area contributed by atoms with E-state index in [1.165, 1.54) is 18.2 Å². The Kier molecular flexibility index (Phi) is 10.8. The number of aliphatic carboxylic acids is 1. The lowest BCUT2D eigenvalue weighted by molar-refractivity contribution is -0.140. The minimum atomic E-state index is -1.27. The van der Waals surface area contributed by atoms with Gasteiger partial charge in [0.2, 0.25) is 0 Å². The number of halogens is 1. The summed E-state index contributed by atoms with van der Waals surface area (Å²) in [5, 5.41) is 37.7. The van der Waals surface area contributed by atoms with Crippen molar-refractivity contribution < 1.29 is 43.9 Å². The molecule has 2 rings (SSSR count). The number of hydrogen-bond acceptors (Lipinski definition) is 7. The predicted molar refractivity (Wildman–Crippen MR) is 128 cm³/mol. The van der Waals surface area contributed by atoms with E-state index in [0.717, 1.165) is 5.56 Å². The van der Waals surface area contributed by atoms with Crippen molar-refractivity contribution in [2.75, 3.05) is 26.4 Å². The van der Waals surface area contributed by atoms with E-state index in [1.54, 1.807) is 24.3 Å². The first-order valence-corrected chi connectivity index (χ1v) is 11.2. The zero-order valence-corrected chi connectivity index (χ0v) is 19.7. The first-order valence-electron chi connectivity index (χ1n) is 11.2. The quantitative estimate of drug-likeness (QED) is 0.297. The van der Waals surface area contributed by atoms with Crippen LogP contribution in [0.1, 0.15) is 43.7 Å². The van der Waals surface area contributed by atoms with Gasteiger partial charge >= 0.3 is 5.97 Å². The molecule has 2 aromatic rings. The summed E-state index contributed by atoms with van der Waals surface area (Å²) in [6.07, 6.45) is 0.720. The lowest BCUT2D eigenvalue weighted by Gasteiger charge is -2.23. The molecule has 0 heterocycles. The number of aliphatic hydroxyl groups excluding tert-OH is 3. The van der Waals surface area contributed by atoms with Gasteiger partial charge < -0.3 is 29.9 Å². The standard InChI is InChI=1S/C26H31FO8/c1-16(2)22-15-23(34-11-9-28)26(35-12-10-29)25(17-3-5-18(27)6-4-17)21(22)8-7-19(30)13-20(31)14-24(32)33/h3-8,15-16,19,28-30H,9-14H2,1-2H3,(H,32,33)/b8-7+. The lowest BCUT2D eigenvalue weighted by atomic mass is 9.88. The van der Waals surface area contributed by atoms with Crippen molar-refractivity contribution in [3.63, 3.8) is 0 Å². The fourth-order valence-corrected chi connectivity index (χ4v) is 3.54. The molecule has 0 aliphatic heterocycles. The molecule has 0 fully saturated rings. The van der Waals surface area contributed by atoms with Crippen LogP contribution >= 0.6 is 0 Å². The summed E-state index contributed by atoms with van der Waals surface area (Å²) in [7, 11) is 0. The van der Waals surface area contributed by atoms with Crippen LogP contribution < -0.4 is 9.47 Å². The highest BCUT2D eigenvalue weighted by Gasteiger charge is 2.23. The van der Waals surface area contributed by atoms with E-state index < -0.39 is 30.1 Å². The number of hydrogen-bond donors (Lipinski definition) is 4. The molecule has 1 atom stereocenters. The summed E-state index contributed by atoms with van der Waals surface area (Å²) >= 11 is 0. The summed E-state index contributed by atoms with van der Waals surface area (Å²) in [5.74, 6) is -1.77. The summed E-state index contributed by atoms with van der Waals surface area (Å²) in [6.45, 7) is 3.32. The van der Waals surface area contributed by atoms with Crippen molar-refractivity contribution >= 4 is 17.8 Å². The Hall–Kier alpha value is -3.27. The van der Waals surface area contributed by atoms with Crippen molar-refractivity contribution in [3.8, 4) is 22.6 Å². The van der Waals surface area contributed by atoms with E-state index in [2.05, 4.69) is 0 Å². The number of rotatable bonds is 14. The largest absolute Gasteiger partial charge is 0.487 e. The van der Waals surface area contributed by atoms with E-state index in [4.69, 9.17) is 14.6 Å². The smallest absolute Gasteiger partial charge is 0.310 e. The van der Waals surface area contributed by atoms with Gasteiger partial charge in [0.1, 0.15) is 31.2 Å². The van der Waals surface area contributed by atoms with Crippen molar-refractivity contribution in [1.29, 1.82) is 0 Å². The number of carboxylic acids is 1. The van der Waals surface area contributed by atoms with Crippen LogP contribution in [0.4, 0.5) is 4.39 Å². The Morgan fingerprint density at radius 1 is 1.06 bits per heavy atom. The second-order valence-corrected chi connectivity index (χ2v) is 8.13. The molecule has 0 aromatic heterocycles. The fraction of sp³-hybridized carbons (Fsp3) is 0.385. The van der Waals surface area contributed by atoms with Gasteiger partial charge in [-0.3, -0.25) is 9.59 Å². The molecular weight excluding hydrogens is 459 g/mol. The zero-order valence-electron chi connectivity index (χ0n) is 19.7. The third-order valence-corrected chi connectivity index (χ3v) is 5.03. The van der Waals surface area contributed by atoms with Gasteiger partial charge in [-0.2, -0.15) is 0 Å². The highest BCUT2D eigenvalue weighted by Crippen LogP contribution is 2.45. The van der Waals surface area contributed by atoms with Crippen LogP contribution in [0.15, 0.2) is 36.4 Å². The Balaban J connectivity index is 2.69. The van der Waals surface area contributed by atoms with Crippen LogP contribution in [0.3, 0.4) is 0 Å². The number of ketones is 1. The molecular formula is C26H31FO8. The second kappa shape index (κ2) is 13.6. The number of Topliss-reactive ketones (excluding diaryl/α,β-unsaturated/α-hetero) is 1. The number of carbonyl (C=O) groups excluding carboxylic acids is 1. The van der Waals surface area contributed by atoms with Crippen molar-refractivity contribution in [3.05, 3.63) is 53.4 Å². The second-order valence-electron chi connectivity index (χ2n) is 8.13. The van der Waals surface area contributed by atoms with Gasteiger partial charge in [0.25, 0.3) is 0 Å². The number of benzene rings is 2. The molecule has 35 heavy (non-hydrogen) atoms. The maximum Gasteiger partial charge on any atom is 0.310 e. The van der Waals surface area contributed by atoms with Gasteiger partial charge in [0.15, 0.2) is 11.5 Å². The number of carboxylic acid groups (broad SMARTS) is 1. The van der Waals surface area contributed by atoms with E-state index in [0.29, 0.717) is 22.4 Å². The van der Waals surface area contributed by atoms with Crippen LogP contribution in [0.5, 0.6) is 11.5 Å². The monoisotopic (exact) mass is 490 g/mol. The van der Waals surface area contributed by atoms with E-state index in [-0.39, 0.29) is 44.5 Å². The van der Waals surface area contributed by atoms with Gasteiger partial charge in [-0.1, -0.05) is 38.1 Å². The summed E-state index contributed by atoms with van der Waals surface area (Å²) in [6, 6.07) is 7.42. The topological polar surface area (TPSA) is 134 Å². The maximum absolute atomic E-state index is 13.7. The molecule has 0 aliphatic carbocycles. The normalized spacial score (nSPS) is 12.2. The van der Waals surface area contributed by atoms with Crippen molar-refractivity contribution in [2.24, 2.45) is 0 Å². The maximum atomic E-state index is 13.7. The number of ether oxygens (including phenoxy) is 2. The fourth-order valence-electron chi connectivity index (χ4n) is 3.54. The molecule has 0 amide bonds. The van der Waals surface area contributed by atoms with Gasteiger partial charge in [-0.05, 0) is 40.8 Å². The minimum Gasteiger partial charge on any atom is -0.487 e. The predicted octanol–water partition coefficient (Wildman–Crippen LogP) is 3.17. The Morgan fingerprint density at radius 2 is 1.69 bits per heavy atom. The van der Waals surface area contributed by atoms with Crippen LogP contribution in [-0.4, -0.2) is 64.7 Å². The van der Waals surface area contributed by atoms with Crippen molar-refractivity contribution in [1.82, 2.24) is 0 Å². The third-order valence-electron chi connectivity index (χ3n) is 5.03. The third kappa shape index (κ3) is 8.17. The Bertz CT molecular complexity index is 1030. The minimum absolute atomic E-state index is 0.00450. The molecule has 9 heteroatoms. The average Bonchev–Trinajstić information content (AvgIpc) is 2.79.